The van der Waals surface area contributed by atoms with Crippen LogP contribution >= 0.6 is 11.3 Å². The van der Waals surface area contributed by atoms with Crippen molar-refractivity contribution in [1.82, 2.24) is 4.98 Å². The molecule has 0 aliphatic carbocycles. The van der Waals surface area contributed by atoms with Gasteiger partial charge in [-0.3, -0.25) is 4.79 Å². The van der Waals surface area contributed by atoms with Gasteiger partial charge in [0, 0.05) is 18.7 Å². The minimum Gasteiger partial charge on any atom is -0.465 e. The standard InChI is InChI=1S/C20H14F4N2O2S/c21-14-5-1-3-12(9-14)11-28-19-25-16-7-8-26(18(27)17(16)29-19)15-6-2-4-13(10-15)20(22,23)24/h1-6,9-10H,7-8,11H2. The van der Waals surface area contributed by atoms with Gasteiger partial charge in [0.15, 0.2) is 0 Å². The molecule has 0 radical (unpaired) electrons. The first-order valence-electron chi connectivity index (χ1n) is 8.67. The lowest BCUT2D eigenvalue weighted by atomic mass is 10.1. The van der Waals surface area contributed by atoms with Crippen LogP contribution in [0.3, 0.4) is 0 Å². The second-order valence-corrected chi connectivity index (χ2v) is 7.39. The van der Waals surface area contributed by atoms with E-state index in [4.69, 9.17) is 4.74 Å². The van der Waals surface area contributed by atoms with Crippen molar-refractivity contribution in [2.75, 3.05) is 11.4 Å². The summed E-state index contributed by atoms with van der Waals surface area (Å²) in [6.45, 7) is 0.315. The van der Waals surface area contributed by atoms with E-state index in [1.165, 1.54) is 29.2 Å². The van der Waals surface area contributed by atoms with Gasteiger partial charge in [-0.05, 0) is 35.9 Å². The van der Waals surface area contributed by atoms with Crippen LogP contribution in [-0.4, -0.2) is 17.4 Å². The first-order valence-corrected chi connectivity index (χ1v) is 9.49. The maximum Gasteiger partial charge on any atom is 0.416 e. The van der Waals surface area contributed by atoms with Gasteiger partial charge in [0.25, 0.3) is 11.1 Å². The van der Waals surface area contributed by atoms with E-state index in [-0.39, 0.29) is 29.8 Å². The maximum absolute atomic E-state index is 13.2. The summed E-state index contributed by atoms with van der Waals surface area (Å²) < 4.78 is 57.7. The van der Waals surface area contributed by atoms with Crippen molar-refractivity contribution in [2.45, 2.75) is 19.2 Å². The van der Waals surface area contributed by atoms with Gasteiger partial charge >= 0.3 is 6.18 Å². The largest absolute Gasteiger partial charge is 0.465 e. The number of halogens is 4. The van der Waals surface area contributed by atoms with Crippen molar-refractivity contribution in [3.05, 3.63) is 76.0 Å². The summed E-state index contributed by atoms with van der Waals surface area (Å²) in [5.74, 6) is -0.792. The lowest BCUT2D eigenvalue weighted by Gasteiger charge is -2.26. The lowest BCUT2D eigenvalue weighted by molar-refractivity contribution is -0.137. The third-order valence-corrected chi connectivity index (χ3v) is 5.42. The second-order valence-electron chi connectivity index (χ2n) is 6.43. The molecule has 0 atom stereocenters. The van der Waals surface area contributed by atoms with Crippen LogP contribution in [0.5, 0.6) is 5.19 Å². The number of hydrogen-bond donors (Lipinski definition) is 0. The number of fused-ring (bicyclic) bond motifs is 1. The molecule has 0 N–H and O–H groups in total. The molecule has 0 saturated carbocycles. The summed E-state index contributed by atoms with van der Waals surface area (Å²) >= 11 is 1.03. The summed E-state index contributed by atoms with van der Waals surface area (Å²) in [6.07, 6.45) is -4.08. The van der Waals surface area contributed by atoms with E-state index >= 15 is 0 Å². The first-order chi connectivity index (χ1) is 13.8. The number of aromatic nitrogens is 1. The molecule has 0 bridgehead atoms. The third-order valence-electron chi connectivity index (χ3n) is 4.43. The van der Waals surface area contributed by atoms with Crippen molar-refractivity contribution in [3.8, 4) is 5.19 Å². The number of carbonyl (C=O) groups excluding carboxylic acids is 1. The van der Waals surface area contributed by atoms with Crippen LogP contribution in [0.15, 0.2) is 48.5 Å². The number of benzene rings is 2. The van der Waals surface area contributed by atoms with Crippen LogP contribution in [-0.2, 0) is 19.2 Å². The van der Waals surface area contributed by atoms with Crippen molar-refractivity contribution in [1.29, 1.82) is 0 Å². The molecule has 9 heteroatoms. The highest BCUT2D eigenvalue weighted by Gasteiger charge is 2.33. The number of nitrogens with zero attached hydrogens (tertiary/aromatic N) is 2. The van der Waals surface area contributed by atoms with Crippen LogP contribution < -0.4 is 9.64 Å². The van der Waals surface area contributed by atoms with Crippen LogP contribution in [0.4, 0.5) is 23.2 Å². The number of alkyl halides is 3. The van der Waals surface area contributed by atoms with Crippen molar-refractivity contribution < 1.29 is 27.1 Å². The van der Waals surface area contributed by atoms with Crippen LogP contribution in [0.1, 0.15) is 26.5 Å². The molecular weight excluding hydrogens is 408 g/mol. The fourth-order valence-corrected chi connectivity index (χ4v) is 3.95. The fourth-order valence-electron chi connectivity index (χ4n) is 3.04. The lowest BCUT2D eigenvalue weighted by Crippen LogP contribution is -2.37. The highest BCUT2D eigenvalue weighted by atomic mass is 32.1. The van der Waals surface area contributed by atoms with Gasteiger partial charge in [-0.15, -0.1) is 0 Å². The summed E-state index contributed by atoms with van der Waals surface area (Å²) in [4.78, 5) is 18.8. The van der Waals surface area contributed by atoms with E-state index in [0.29, 0.717) is 22.6 Å². The zero-order chi connectivity index (χ0) is 20.6. The molecule has 150 valence electrons. The van der Waals surface area contributed by atoms with E-state index in [9.17, 15) is 22.4 Å². The van der Waals surface area contributed by atoms with Crippen molar-refractivity contribution in [2.24, 2.45) is 0 Å². The highest BCUT2D eigenvalue weighted by Crippen LogP contribution is 2.35. The second kappa shape index (κ2) is 7.47. The molecule has 4 rings (SSSR count). The number of hydrogen-bond acceptors (Lipinski definition) is 4. The molecule has 0 saturated heterocycles. The van der Waals surface area contributed by atoms with Gasteiger partial charge in [-0.2, -0.15) is 13.2 Å². The Morgan fingerprint density at radius 2 is 1.93 bits per heavy atom. The van der Waals surface area contributed by atoms with Crippen LogP contribution in [0.25, 0.3) is 0 Å². The molecule has 1 aromatic heterocycles. The number of rotatable bonds is 4. The maximum atomic E-state index is 13.2. The van der Waals surface area contributed by atoms with Crippen LogP contribution in [0, 0.1) is 5.82 Å². The predicted octanol–water partition coefficient (Wildman–Crippen LogP) is 5.08. The Labute approximate surface area is 167 Å². The number of anilines is 1. The summed E-state index contributed by atoms with van der Waals surface area (Å²) in [6, 6.07) is 10.6. The van der Waals surface area contributed by atoms with Gasteiger partial charge in [0.05, 0.1) is 11.3 Å². The Morgan fingerprint density at radius 1 is 1.14 bits per heavy atom. The molecule has 1 aliphatic rings. The Bertz CT molecular complexity index is 1060. The molecular formula is C20H14F4N2O2S. The molecule has 2 heterocycles. The molecule has 0 unspecified atom stereocenters. The first kappa shape index (κ1) is 19.4. The Kier molecular flexibility index (Phi) is 4.99. The number of ether oxygens (including phenoxy) is 1. The molecule has 29 heavy (non-hydrogen) atoms. The highest BCUT2D eigenvalue weighted by molar-refractivity contribution is 7.15. The molecule has 0 fully saturated rings. The Morgan fingerprint density at radius 3 is 2.69 bits per heavy atom. The number of thiazole rings is 1. The summed E-state index contributed by atoms with van der Waals surface area (Å²) in [7, 11) is 0. The average Bonchev–Trinajstić information content (AvgIpc) is 3.10. The Hall–Kier alpha value is -2.94. The smallest absolute Gasteiger partial charge is 0.416 e. The molecule has 1 amide bonds. The van der Waals surface area contributed by atoms with E-state index < -0.39 is 17.6 Å². The monoisotopic (exact) mass is 422 g/mol. The topological polar surface area (TPSA) is 42.4 Å². The zero-order valence-electron chi connectivity index (χ0n) is 14.9. The number of amides is 1. The molecule has 2 aromatic carbocycles. The van der Waals surface area contributed by atoms with E-state index in [1.54, 1.807) is 12.1 Å². The van der Waals surface area contributed by atoms with Gasteiger partial charge < -0.3 is 9.64 Å². The predicted molar refractivity (Wildman–Crippen MR) is 99.7 cm³/mol. The minimum atomic E-state index is -4.48. The van der Waals surface area contributed by atoms with Crippen molar-refractivity contribution in [3.63, 3.8) is 0 Å². The molecule has 0 spiro atoms. The summed E-state index contributed by atoms with van der Waals surface area (Å²) in [5, 5.41) is 0.263. The minimum absolute atomic E-state index is 0.0929. The Balaban J connectivity index is 1.52. The van der Waals surface area contributed by atoms with E-state index in [2.05, 4.69) is 4.98 Å². The fraction of sp³-hybridized carbons (Fsp3) is 0.200. The van der Waals surface area contributed by atoms with Gasteiger partial charge in [0.2, 0.25) is 0 Å². The zero-order valence-corrected chi connectivity index (χ0v) is 15.7. The number of carbonyl (C=O) groups is 1. The summed E-state index contributed by atoms with van der Waals surface area (Å²) in [5.41, 5.74) is 0.552. The van der Waals surface area contributed by atoms with Gasteiger partial charge in [-0.1, -0.05) is 29.5 Å². The molecule has 4 nitrogen and oxygen atoms in total. The third kappa shape index (κ3) is 4.09. The van der Waals surface area contributed by atoms with Gasteiger partial charge in [-0.25, -0.2) is 9.37 Å². The van der Waals surface area contributed by atoms with E-state index in [1.807, 2.05) is 0 Å². The average molecular weight is 422 g/mol. The normalized spacial score (nSPS) is 14.1. The SMILES string of the molecule is O=C1c2sc(OCc3cccc(F)c3)nc2CCN1c1cccc(C(F)(F)F)c1. The van der Waals surface area contributed by atoms with Crippen LogP contribution in [0.2, 0.25) is 0 Å². The van der Waals surface area contributed by atoms with E-state index in [0.717, 1.165) is 23.5 Å². The molecule has 1 aliphatic heterocycles. The van der Waals surface area contributed by atoms with Crippen molar-refractivity contribution >= 4 is 22.9 Å². The van der Waals surface area contributed by atoms with Gasteiger partial charge in [0.1, 0.15) is 17.3 Å². The quantitative estimate of drug-likeness (QED) is 0.551. The molecule has 3 aromatic rings.